The Morgan fingerprint density at radius 1 is 1.36 bits per heavy atom. The lowest BCUT2D eigenvalue weighted by Gasteiger charge is -2.07. The highest BCUT2D eigenvalue weighted by molar-refractivity contribution is 4.94. The quantitative estimate of drug-likeness (QED) is 0.611. The Bertz CT molecular complexity index is 209. The summed E-state index contributed by atoms with van der Waals surface area (Å²) in [5.41, 5.74) is 8.41. The molecule has 0 saturated heterocycles. The maximum atomic E-state index is 5.33. The molecule has 1 aromatic rings. The van der Waals surface area contributed by atoms with Gasteiger partial charge in [-0.15, -0.1) is 10.2 Å². The fraction of sp³-hybridized carbons (Fsp3) is 0.667. The molecular formula is C6H13N5. The molecule has 62 valence electrons. The van der Waals surface area contributed by atoms with Crippen LogP contribution in [0.1, 0.15) is 11.6 Å². The van der Waals surface area contributed by atoms with Crippen LogP contribution in [-0.4, -0.2) is 28.0 Å². The first-order valence-corrected chi connectivity index (χ1v) is 3.58. The minimum atomic E-state index is 0.608. The minimum Gasteiger partial charge on any atom is -0.329 e. The van der Waals surface area contributed by atoms with Crippen molar-refractivity contribution in [3.8, 4) is 0 Å². The van der Waals surface area contributed by atoms with Crippen molar-refractivity contribution in [3.63, 3.8) is 0 Å². The Kier molecular flexibility index (Phi) is 2.43. The first-order chi connectivity index (χ1) is 5.25. The second kappa shape index (κ2) is 3.34. The standard InChI is InChI=1S/C6H13N5/c1-5-9-10-6(2)11(5)8-4-3-7/h8H,3-4,7H2,1-2H3. The van der Waals surface area contributed by atoms with Crippen molar-refractivity contribution < 1.29 is 0 Å². The van der Waals surface area contributed by atoms with Crippen molar-refractivity contribution in [1.82, 2.24) is 14.9 Å². The molecule has 3 N–H and O–H groups in total. The van der Waals surface area contributed by atoms with Gasteiger partial charge in [-0.2, -0.15) is 0 Å². The van der Waals surface area contributed by atoms with E-state index in [4.69, 9.17) is 5.73 Å². The van der Waals surface area contributed by atoms with E-state index < -0.39 is 0 Å². The Labute approximate surface area is 65.6 Å². The van der Waals surface area contributed by atoms with Crippen LogP contribution in [-0.2, 0) is 0 Å². The van der Waals surface area contributed by atoms with Crippen LogP contribution in [0.25, 0.3) is 0 Å². The number of rotatable bonds is 3. The summed E-state index contributed by atoms with van der Waals surface area (Å²) < 4.78 is 1.83. The van der Waals surface area contributed by atoms with Crippen molar-refractivity contribution in [2.75, 3.05) is 18.5 Å². The van der Waals surface area contributed by atoms with E-state index in [2.05, 4.69) is 15.6 Å². The molecule has 0 bridgehead atoms. The number of aromatic nitrogens is 3. The van der Waals surface area contributed by atoms with E-state index in [9.17, 15) is 0 Å². The molecule has 0 amide bonds. The Morgan fingerprint density at radius 3 is 2.36 bits per heavy atom. The lowest BCUT2D eigenvalue weighted by Crippen LogP contribution is -2.23. The maximum absolute atomic E-state index is 5.33. The van der Waals surface area contributed by atoms with Gasteiger partial charge in [0.1, 0.15) is 11.6 Å². The van der Waals surface area contributed by atoms with Gasteiger partial charge in [0.15, 0.2) is 0 Å². The van der Waals surface area contributed by atoms with Crippen molar-refractivity contribution in [3.05, 3.63) is 11.6 Å². The van der Waals surface area contributed by atoms with Crippen LogP contribution < -0.4 is 11.2 Å². The molecule has 11 heavy (non-hydrogen) atoms. The van der Waals surface area contributed by atoms with Gasteiger partial charge in [-0.3, -0.25) is 0 Å². The predicted molar refractivity (Wildman–Crippen MR) is 42.8 cm³/mol. The van der Waals surface area contributed by atoms with Gasteiger partial charge >= 0.3 is 0 Å². The van der Waals surface area contributed by atoms with E-state index >= 15 is 0 Å². The normalized spacial score (nSPS) is 10.1. The minimum absolute atomic E-state index is 0.608. The van der Waals surface area contributed by atoms with Gasteiger partial charge in [-0.1, -0.05) is 0 Å². The molecule has 0 aromatic carbocycles. The van der Waals surface area contributed by atoms with E-state index in [1.807, 2.05) is 18.5 Å². The third-order valence-electron chi connectivity index (χ3n) is 1.40. The number of nitrogens with two attached hydrogens (primary N) is 1. The molecule has 0 aliphatic carbocycles. The molecule has 0 radical (unpaired) electrons. The molecule has 0 fully saturated rings. The van der Waals surface area contributed by atoms with Gasteiger partial charge in [0.05, 0.1) is 0 Å². The summed E-state index contributed by atoms with van der Waals surface area (Å²) in [5, 5.41) is 7.76. The monoisotopic (exact) mass is 155 g/mol. The van der Waals surface area contributed by atoms with E-state index in [-0.39, 0.29) is 0 Å². The molecule has 0 aliphatic rings. The third kappa shape index (κ3) is 1.68. The molecule has 5 heteroatoms. The molecule has 1 aromatic heterocycles. The van der Waals surface area contributed by atoms with Gasteiger partial charge < -0.3 is 11.2 Å². The van der Waals surface area contributed by atoms with Gasteiger partial charge in [0.25, 0.3) is 0 Å². The molecule has 0 spiro atoms. The zero-order valence-electron chi connectivity index (χ0n) is 6.83. The van der Waals surface area contributed by atoms with E-state index in [0.29, 0.717) is 6.54 Å². The highest BCUT2D eigenvalue weighted by atomic mass is 15.5. The number of nitrogens with zero attached hydrogens (tertiary/aromatic N) is 3. The Hall–Kier alpha value is -1.10. The van der Waals surface area contributed by atoms with Crippen molar-refractivity contribution in [1.29, 1.82) is 0 Å². The maximum Gasteiger partial charge on any atom is 0.148 e. The smallest absolute Gasteiger partial charge is 0.148 e. The fourth-order valence-electron chi connectivity index (χ4n) is 0.874. The van der Waals surface area contributed by atoms with Crippen molar-refractivity contribution in [2.45, 2.75) is 13.8 Å². The second-order valence-corrected chi connectivity index (χ2v) is 2.33. The van der Waals surface area contributed by atoms with Crippen LogP contribution in [0, 0.1) is 13.8 Å². The van der Waals surface area contributed by atoms with Crippen LogP contribution in [0.15, 0.2) is 0 Å². The molecular weight excluding hydrogens is 142 g/mol. The number of hydrogen-bond donors (Lipinski definition) is 2. The predicted octanol–water partition coefficient (Wildman–Crippen LogP) is -0.603. The van der Waals surface area contributed by atoms with Gasteiger partial charge in [-0.25, -0.2) is 4.68 Å². The summed E-state index contributed by atoms with van der Waals surface area (Å²) in [6, 6.07) is 0. The first-order valence-electron chi connectivity index (χ1n) is 3.58. The molecule has 1 heterocycles. The van der Waals surface area contributed by atoms with Crippen LogP contribution >= 0.6 is 0 Å². The third-order valence-corrected chi connectivity index (χ3v) is 1.40. The van der Waals surface area contributed by atoms with Crippen LogP contribution in [0.4, 0.5) is 0 Å². The molecule has 0 unspecified atom stereocenters. The van der Waals surface area contributed by atoms with Gasteiger partial charge in [-0.05, 0) is 13.8 Å². The van der Waals surface area contributed by atoms with E-state index in [0.717, 1.165) is 18.2 Å². The van der Waals surface area contributed by atoms with Gasteiger partial charge in [0, 0.05) is 13.1 Å². The summed E-state index contributed by atoms with van der Waals surface area (Å²) >= 11 is 0. The lowest BCUT2D eigenvalue weighted by molar-refractivity contribution is 0.772. The van der Waals surface area contributed by atoms with E-state index in [1.165, 1.54) is 0 Å². The number of nitrogens with one attached hydrogen (secondary N) is 1. The summed E-state index contributed by atoms with van der Waals surface area (Å²) in [6.45, 7) is 5.13. The summed E-state index contributed by atoms with van der Waals surface area (Å²) in [7, 11) is 0. The average Bonchev–Trinajstić information content (AvgIpc) is 2.29. The highest BCUT2D eigenvalue weighted by Crippen LogP contribution is 1.93. The fourth-order valence-corrected chi connectivity index (χ4v) is 0.874. The highest BCUT2D eigenvalue weighted by Gasteiger charge is 2.00. The van der Waals surface area contributed by atoms with Crippen LogP contribution in [0.2, 0.25) is 0 Å². The summed E-state index contributed by atoms with van der Waals surface area (Å²) in [4.78, 5) is 0. The molecule has 1 rings (SSSR count). The SMILES string of the molecule is Cc1nnc(C)n1NCCN. The number of hydrogen-bond acceptors (Lipinski definition) is 4. The first kappa shape index (κ1) is 8.00. The Balaban J connectivity index is 2.67. The molecule has 0 aliphatic heterocycles. The van der Waals surface area contributed by atoms with E-state index in [1.54, 1.807) is 0 Å². The zero-order chi connectivity index (χ0) is 8.27. The van der Waals surface area contributed by atoms with Crippen molar-refractivity contribution in [2.24, 2.45) is 5.73 Å². The van der Waals surface area contributed by atoms with Crippen LogP contribution in [0.3, 0.4) is 0 Å². The van der Waals surface area contributed by atoms with Crippen LogP contribution in [0.5, 0.6) is 0 Å². The number of aryl methyl sites for hydroxylation is 2. The molecule has 5 nitrogen and oxygen atoms in total. The topological polar surface area (TPSA) is 68.8 Å². The average molecular weight is 155 g/mol. The summed E-state index contributed by atoms with van der Waals surface area (Å²) in [6.07, 6.45) is 0. The van der Waals surface area contributed by atoms with Gasteiger partial charge in [0.2, 0.25) is 0 Å². The second-order valence-electron chi connectivity index (χ2n) is 2.33. The zero-order valence-corrected chi connectivity index (χ0v) is 6.83. The largest absolute Gasteiger partial charge is 0.329 e. The summed E-state index contributed by atoms with van der Waals surface area (Å²) in [5.74, 6) is 1.71. The Morgan fingerprint density at radius 2 is 1.91 bits per heavy atom. The molecule has 0 saturated carbocycles. The lowest BCUT2D eigenvalue weighted by atomic mass is 10.6. The van der Waals surface area contributed by atoms with Crippen molar-refractivity contribution >= 4 is 0 Å². The molecule has 0 atom stereocenters.